The molecule has 3 N–H and O–H groups in total. The second kappa shape index (κ2) is 5.78. The van der Waals surface area contributed by atoms with Crippen molar-refractivity contribution >= 4 is 5.91 Å². The molecule has 1 fully saturated rings. The van der Waals surface area contributed by atoms with Gasteiger partial charge < -0.3 is 10.1 Å². The van der Waals surface area contributed by atoms with E-state index in [1.165, 1.54) is 0 Å². The molecule has 112 valence electrons. The standard InChI is InChI=1S/C13H22N4O3/c1-4-13(5-2)8(7-9(13)20-6-3)14-11(18)10-15-12(19)17-16-10/h8-9H,4-7H2,1-3H3,(H,14,18)(H2,15,16,17,19)/t8-,9-/m0/s1. The lowest BCUT2D eigenvalue weighted by Gasteiger charge is -2.55. The van der Waals surface area contributed by atoms with Crippen molar-refractivity contribution in [1.82, 2.24) is 20.5 Å². The van der Waals surface area contributed by atoms with Gasteiger partial charge in [-0.25, -0.2) is 9.89 Å². The minimum Gasteiger partial charge on any atom is -0.378 e. The van der Waals surface area contributed by atoms with E-state index in [1.54, 1.807) is 0 Å². The normalized spacial score (nSPS) is 24.1. The molecule has 0 unspecified atom stereocenters. The molecule has 1 aromatic rings. The zero-order valence-electron chi connectivity index (χ0n) is 12.2. The van der Waals surface area contributed by atoms with Gasteiger partial charge in [-0.05, 0) is 26.2 Å². The van der Waals surface area contributed by atoms with E-state index in [9.17, 15) is 9.59 Å². The molecule has 1 amide bonds. The maximum atomic E-state index is 12.0. The van der Waals surface area contributed by atoms with Crippen molar-refractivity contribution in [3.8, 4) is 0 Å². The van der Waals surface area contributed by atoms with E-state index in [1.807, 2.05) is 6.92 Å². The van der Waals surface area contributed by atoms with E-state index in [4.69, 9.17) is 4.74 Å². The lowest BCUT2D eigenvalue weighted by atomic mass is 9.58. The van der Waals surface area contributed by atoms with E-state index in [-0.39, 0.29) is 29.3 Å². The molecule has 0 aliphatic heterocycles. The molecule has 0 radical (unpaired) electrons. The van der Waals surface area contributed by atoms with Crippen LogP contribution in [0.25, 0.3) is 0 Å². The fraction of sp³-hybridized carbons (Fsp3) is 0.769. The van der Waals surface area contributed by atoms with Crippen LogP contribution in [-0.2, 0) is 4.74 Å². The lowest BCUT2D eigenvalue weighted by molar-refractivity contribution is -0.134. The average Bonchev–Trinajstić information content (AvgIpc) is 2.86. The van der Waals surface area contributed by atoms with Gasteiger partial charge in [-0.2, -0.15) is 0 Å². The second-order valence-electron chi connectivity index (χ2n) is 5.17. The summed E-state index contributed by atoms with van der Waals surface area (Å²) in [6, 6.07) is 0.0572. The topological polar surface area (TPSA) is 99.9 Å². The first-order chi connectivity index (χ1) is 9.57. The minimum atomic E-state index is -0.479. The van der Waals surface area contributed by atoms with Gasteiger partial charge in [0.1, 0.15) is 0 Å². The van der Waals surface area contributed by atoms with Gasteiger partial charge in [-0.1, -0.05) is 13.8 Å². The van der Waals surface area contributed by atoms with Crippen molar-refractivity contribution in [1.29, 1.82) is 0 Å². The number of aromatic nitrogens is 3. The summed E-state index contributed by atoms with van der Waals surface area (Å²) in [6.07, 6.45) is 2.87. The molecule has 0 saturated heterocycles. The largest absolute Gasteiger partial charge is 0.378 e. The zero-order chi connectivity index (χ0) is 14.8. The predicted molar refractivity (Wildman–Crippen MR) is 73.5 cm³/mol. The number of rotatable bonds is 6. The number of carbonyl (C=O) groups is 1. The number of carbonyl (C=O) groups excluding carboxylic acids is 1. The third-order valence-electron chi connectivity index (χ3n) is 4.49. The summed E-state index contributed by atoms with van der Waals surface area (Å²) in [6.45, 7) is 6.89. The number of nitrogens with one attached hydrogen (secondary N) is 3. The molecule has 2 rings (SSSR count). The van der Waals surface area contributed by atoms with Crippen molar-refractivity contribution in [3.05, 3.63) is 16.3 Å². The maximum Gasteiger partial charge on any atom is 0.341 e. The highest BCUT2D eigenvalue weighted by atomic mass is 16.5. The van der Waals surface area contributed by atoms with Crippen LogP contribution < -0.4 is 11.0 Å². The van der Waals surface area contributed by atoms with Crippen LogP contribution in [0.4, 0.5) is 0 Å². The zero-order valence-corrected chi connectivity index (χ0v) is 12.2. The number of amides is 1. The first kappa shape index (κ1) is 14.8. The summed E-state index contributed by atoms with van der Waals surface area (Å²) in [5, 5.41) is 8.79. The molecule has 0 spiro atoms. The Hall–Kier alpha value is -1.63. The summed E-state index contributed by atoms with van der Waals surface area (Å²) in [7, 11) is 0. The van der Waals surface area contributed by atoms with Gasteiger partial charge >= 0.3 is 5.69 Å². The lowest BCUT2D eigenvalue weighted by Crippen LogP contribution is -2.64. The molecule has 2 atom stereocenters. The molecular weight excluding hydrogens is 260 g/mol. The van der Waals surface area contributed by atoms with E-state index in [2.05, 4.69) is 34.3 Å². The van der Waals surface area contributed by atoms with E-state index < -0.39 is 5.69 Å². The third kappa shape index (κ3) is 2.37. The van der Waals surface area contributed by atoms with Crippen LogP contribution >= 0.6 is 0 Å². The Morgan fingerprint density at radius 1 is 1.45 bits per heavy atom. The molecule has 20 heavy (non-hydrogen) atoms. The minimum absolute atomic E-state index is 0.0240. The Morgan fingerprint density at radius 2 is 2.15 bits per heavy atom. The number of hydrogen-bond donors (Lipinski definition) is 3. The molecule has 1 aliphatic rings. The van der Waals surface area contributed by atoms with Crippen LogP contribution in [0.2, 0.25) is 0 Å². The van der Waals surface area contributed by atoms with E-state index in [0.717, 1.165) is 19.3 Å². The molecule has 7 heteroatoms. The Bertz CT molecular complexity index is 518. The second-order valence-corrected chi connectivity index (χ2v) is 5.17. The highest BCUT2D eigenvalue weighted by Crippen LogP contribution is 2.48. The van der Waals surface area contributed by atoms with Gasteiger partial charge in [-0.3, -0.25) is 9.78 Å². The van der Waals surface area contributed by atoms with Gasteiger partial charge in [0.2, 0.25) is 5.82 Å². The van der Waals surface area contributed by atoms with Crippen LogP contribution in [0, 0.1) is 5.41 Å². The molecule has 1 heterocycles. The van der Waals surface area contributed by atoms with Crippen LogP contribution in [0.3, 0.4) is 0 Å². The Labute approximate surface area is 117 Å². The number of aromatic amines is 2. The Morgan fingerprint density at radius 3 is 2.65 bits per heavy atom. The molecule has 1 aromatic heterocycles. The van der Waals surface area contributed by atoms with Gasteiger partial charge in [0.25, 0.3) is 5.91 Å². The molecule has 7 nitrogen and oxygen atoms in total. The smallest absolute Gasteiger partial charge is 0.341 e. The van der Waals surface area contributed by atoms with Crippen molar-refractivity contribution in [3.63, 3.8) is 0 Å². The Kier molecular flexibility index (Phi) is 4.27. The number of nitrogens with zero attached hydrogens (tertiary/aromatic N) is 1. The van der Waals surface area contributed by atoms with Crippen LogP contribution in [0.15, 0.2) is 4.79 Å². The fourth-order valence-corrected chi connectivity index (χ4v) is 3.19. The fourth-order valence-electron chi connectivity index (χ4n) is 3.19. The number of ether oxygens (including phenoxy) is 1. The highest BCUT2D eigenvalue weighted by Gasteiger charge is 2.53. The molecule has 1 aliphatic carbocycles. The van der Waals surface area contributed by atoms with Crippen LogP contribution in [0.5, 0.6) is 0 Å². The van der Waals surface area contributed by atoms with Crippen LogP contribution in [-0.4, -0.2) is 39.8 Å². The van der Waals surface area contributed by atoms with Crippen LogP contribution in [0.1, 0.15) is 50.7 Å². The van der Waals surface area contributed by atoms with E-state index in [0.29, 0.717) is 6.61 Å². The average molecular weight is 282 g/mol. The van der Waals surface area contributed by atoms with Crippen molar-refractivity contribution < 1.29 is 9.53 Å². The summed E-state index contributed by atoms with van der Waals surface area (Å²) < 4.78 is 5.77. The van der Waals surface area contributed by atoms with Gasteiger partial charge in [0.15, 0.2) is 0 Å². The van der Waals surface area contributed by atoms with Crippen molar-refractivity contribution in [2.24, 2.45) is 5.41 Å². The van der Waals surface area contributed by atoms with Gasteiger partial charge in [0, 0.05) is 18.1 Å². The van der Waals surface area contributed by atoms with Gasteiger partial charge in [-0.15, -0.1) is 5.10 Å². The molecule has 1 saturated carbocycles. The third-order valence-corrected chi connectivity index (χ3v) is 4.49. The summed E-state index contributed by atoms with van der Waals surface area (Å²) in [5.74, 6) is -0.328. The summed E-state index contributed by atoms with van der Waals surface area (Å²) in [5.41, 5.74) is -0.504. The number of hydrogen-bond acceptors (Lipinski definition) is 4. The van der Waals surface area contributed by atoms with Crippen molar-refractivity contribution in [2.45, 2.75) is 52.2 Å². The monoisotopic (exact) mass is 282 g/mol. The summed E-state index contributed by atoms with van der Waals surface area (Å²) in [4.78, 5) is 25.4. The Balaban J connectivity index is 2.06. The molecule has 0 aromatic carbocycles. The first-order valence-electron chi connectivity index (χ1n) is 7.14. The maximum absolute atomic E-state index is 12.0. The molecule has 0 bridgehead atoms. The molecular formula is C13H22N4O3. The van der Waals surface area contributed by atoms with Crippen molar-refractivity contribution in [2.75, 3.05) is 6.61 Å². The van der Waals surface area contributed by atoms with Gasteiger partial charge in [0.05, 0.1) is 6.10 Å². The summed E-state index contributed by atoms with van der Waals surface area (Å²) >= 11 is 0. The SMILES string of the molecule is CCO[C@H]1C[C@H](NC(=O)c2n[nH]c(=O)[nH]2)C1(CC)CC. The first-order valence-corrected chi connectivity index (χ1v) is 7.14. The van der Waals surface area contributed by atoms with E-state index >= 15 is 0 Å². The number of H-pyrrole nitrogens is 2. The predicted octanol–water partition coefficient (Wildman–Crippen LogP) is 0.812. The highest BCUT2D eigenvalue weighted by molar-refractivity contribution is 5.90. The quantitative estimate of drug-likeness (QED) is 0.719.